The molecule has 1 fully saturated rings. The minimum atomic E-state index is -0.214. The van der Waals surface area contributed by atoms with Crippen molar-refractivity contribution in [1.29, 1.82) is 0 Å². The molecular formula is C13H14N4OS. The average molecular weight is 274 g/mol. The molecule has 0 spiro atoms. The summed E-state index contributed by atoms with van der Waals surface area (Å²) in [6.45, 7) is 1.78. The number of carbonyl (C=O) groups excluding carboxylic acids is 1. The number of nitrogens with zero attached hydrogens (tertiary/aromatic N) is 2. The fourth-order valence-electron chi connectivity index (χ4n) is 1.85. The van der Waals surface area contributed by atoms with Crippen molar-refractivity contribution < 1.29 is 4.79 Å². The SMILES string of the molecule is Cc1ncc(N)cc1C(=O)Nc1nc(C2CC2)cs1. The number of aryl methyl sites for hydroxylation is 1. The third-order valence-electron chi connectivity index (χ3n) is 3.09. The first kappa shape index (κ1) is 12.1. The zero-order chi connectivity index (χ0) is 13.4. The zero-order valence-electron chi connectivity index (χ0n) is 10.5. The summed E-state index contributed by atoms with van der Waals surface area (Å²) in [5.74, 6) is 0.381. The first-order chi connectivity index (χ1) is 9.13. The Morgan fingerprint density at radius 2 is 2.32 bits per heavy atom. The van der Waals surface area contributed by atoms with E-state index in [0.717, 1.165) is 5.69 Å². The number of anilines is 2. The van der Waals surface area contributed by atoms with Crippen LogP contribution in [0.15, 0.2) is 17.6 Å². The summed E-state index contributed by atoms with van der Waals surface area (Å²) in [7, 11) is 0. The lowest BCUT2D eigenvalue weighted by molar-refractivity contribution is 0.102. The smallest absolute Gasteiger partial charge is 0.259 e. The highest BCUT2D eigenvalue weighted by Crippen LogP contribution is 2.40. The van der Waals surface area contributed by atoms with E-state index in [1.54, 1.807) is 19.2 Å². The van der Waals surface area contributed by atoms with Crippen LogP contribution < -0.4 is 11.1 Å². The summed E-state index contributed by atoms with van der Waals surface area (Å²) in [4.78, 5) is 20.6. The van der Waals surface area contributed by atoms with E-state index in [9.17, 15) is 4.79 Å². The van der Waals surface area contributed by atoms with E-state index in [4.69, 9.17) is 5.73 Å². The van der Waals surface area contributed by atoms with Gasteiger partial charge in [0.15, 0.2) is 5.13 Å². The summed E-state index contributed by atoms with van der Waals surface area (Å²) in [6, 6.07) is 1.63. The molecule has 0 atom stereocenters. The fourth-order valence-corrected chi connectivity index (χ4v) is 2.64. The van der Waals surface area contributed by atoms with Crippen molar-refractivity contribution >= 4 is 28.1 Å². The predicted molar refractivity (Wildman–Crippen MR) is 75.4 cm³/mol. The molecule has 0 aromatic carbocycles. The van der Waals surface area contributed by atoms with Crippen molar-refractivity contribution in [2.24, 2.45) is 0 Å². The van der Waals surface area contributed by atoms with Gasteiger partial charge in [-0.3, -0.25) is 15.1 Å². The number of nitrogens with one attached hydrogen (secondary N) is 1. The highest BCUT2D eigenvalue weighted by molar-refractivity contribution is 7.14. The van der Waals surface area contributed by atoms with E-state index in [0.29, 0.717) is 28.0 Å². The summed E-state index contributed by atoms with van der Waals surface area (Å²) in [6.07, 6.45) is 3.95. The van der Waals surface area contributed by atoms with Crippen molar-refractivity contribution in [3.63, 3.8) is 0 Å². The number of amides is 1. The minimum Gasteiger partial charge on any atom is -0.397 e. The molecule has 0 radical (unpaired) electrons. The number of nitrogens with two attached hydrogens (primary N) is 1. The largest absolute Gasteiger partial charge is 0.397 e. The Labute approximate surface area is 114 Å². The Balaban J connectivity index is 1.77. The van der Waals surface area contributed by atoms with Crippen LogP contribution in [0.4, 0.5) is 10.8 Å². The van der Waals surface area contributed by atoms with Gasteiger partial charge >= 0.3 is 0 Å². The molecule has 98 valence electrons. The quantitative estimate of drug-likeness (QED) is 0.901. The Morgan fingerprint density at radius 3 is 3.05 bits per heavy atom. The number of hydrogen-bond donors (Lipinski definition) is 2. The molecule has 0 unspecified atom stereocenters. The molecule has 2 heterocycles. The molecule has 0 bridgehead atoms. The second-order valence-corrected chi connectivity index (χ2v) is 5.57. The highest BCUT2D eigenvalue weighted by Gasteiger charge is 2.26. The van der Waals surface area contributed by atoms with Crippen LogP contribution in [0.1, 0.15) is 40.5 Å². The van der Waals surface area contributed by atoms with E-state index in [2.05, 4.69) is 15.3 Å². The van der Waals surface area contributed by atoms with Gasteiger partial charge in [0.2, 0.25) is 0 Å². The fraction of sp³-hybridized carbons (Fsp3) is 0.308. The highest BCUT2D eigenvalue weighted by atomic mass is 32.1. The van der Waals surface area contributed by atoms with Gasteiger partial charge in [0.05, 0.1) is 28.8 Å². The standard InChI is InChI=1S/C13H14N4OS/c1-7-10(4-9(14)5-15-7)12(18)17-13-16-11(6-19-13)8-2-3-8/h4-6,8H,2-3,14H2,1H3,(H,16,17,18). The van der Waals surface area contributed by atoms with Gasteiger partial charge < -0.3 is 5.73 Å². The van der Waals surface area contributed by atoms with Crippen molar-refractivity contribution in [3.05, 3.63) is 34.6 Å². The Kier molecular flexibility index (Phi) is 2.94. The second kappa shape index (κ2) is 4.62. The molecule has 3 rings (SSSR count). The van der Waals surface area contributed by atoms with E-state index in [-0.39, 0.29) is 5.91 Å². The summed E-state index contributed by atoms with van der Waals surface area (Å²) >= 11 is 1.46. The molecule has 5 nitrogen and oxygen atoms in total. The van der Waals surface area contributed by atoms with E-state index in [1.807, 2.05) is 5.38 Å². The molecule has 1 amide bonds. The first-order valence-corrected chi connectivity index (χ1v) is 7.00. The average Bonchev–Trinajstić information content (AvgIpc) is 3.13. The second-order valence-electron chi connectivity index (χ2n) is 4.71. The maximum atomic E-state index is 12.1. The normalized spacial score (nSPS) is 14.4. The van der Waals surface area contributed by atoms with Gasteiger partial charge in [-0.1, -0.05) is 0 Å². The number of carbonyl (C=O) groups is 1. The summed E-state index contributed by atoms with van der Waals surface area (Å²) in [5, 5.41) is 5.45. The lowest BCUT2D eigenvalue weighted by Crippen LogP contribution is -2.14. The maximum Gasteiger partial charge on any atom is 0.259 e. The van der Waals surface area contributed by atoms with Gasteiger partial charge in [-0.05, 0) is 25.8 Å². The number of hydrogen-bond acceptors (Lipinski definition) is 5. The van der Waals surface area contributed by atoms with Gasteiger partial charge in [0.1, 0.15) is 0 Å². The van der Waals surface area contributed by atoms with E-state index < -0.39 is 0 Å². The van der Waals surface area contributed by atoms with Gasteiger partial charge in [0, 0.05) is 11.3 Å². The third-order valence-corrected chi connectivity index (χ3v) is 3.87. The molecule has 1 aliphatic rings. The third kappa shape index (κ3) is 2.58. The van der Waals surface area contributed by atoms with Crippen LogP contribution in [-0.4, -0.2) is 15.9 Å². The molecule has 0 saturated heterocycles. The van der Waals surface area contributed by atoms with Crippen LogP contribution >= 0.6 is 11.3 Å². The monoisotopic (exact) mass is 274 g/mol. The van der Waals surface area contributed by atoms with Gasteiger partial charge in [-0.25, -0.2) is 4.98 Å². The molecule has 1 aliphatic carbocycles. The molecule has 3 N–H and O–H groups in total. The van der Waals surface area contributed by atoms with Crippen molar-refractivity contribution in [2.75, 3.05) is 11.1 Å². The molecule has 1 saturated carbocycles. The van der Waals surface area contributed by atoms with Crippen LogP contribution in [0.2, 0.25) is 0 Å². The maximum absolute atomic E-state index is 12.1. The lowest BCUT2D eigenvalue weighted by Gasteiger charge is -2.05. The predicted octanol–water partition coefficient (Wildman–Crippen LogP) is 2.56. The summed E-state index contributed by atoms with van der Waals surface area (Å²) in [5.41, 5.74) is 8.37. The van der Waals surface area contributed by atoms with E-state index in [1.165, 1.54) is 24.2 Å². The Bertz CT molecular complexity index is 633. The number of rotatable bonds is 3. The van der Waals surface area contributed by atoms with E-state index >= 15 is 0 Å². The van der Waals surface area contributed by atoms with Crippen molar-refractivity contribution in [2.45, 2.75) is 25.7 Å². The Hall–Kier alpha value is -1.95. The number of nitrogen functional groups attached to an aromatic ring is 1. The van der Waals surface area contributed by atoms with Crippen LogP contribution in [0.5, 0.6) is 0 Å². The molecule has 0 aliphatic heterocycles. The van der Waals surface area contributed by atoms with Crippen molar-refractivity contribution in [1.82, 2.24) is 9.97 Å². The molecular weight excluding hydrogens is 260 g/mol. The van der Waals surface area contributed by atoms with Crippen LogP contribution in [0, 0.1) is 6.92 Å². The van der Waals surface area contributed by atoms with Gasteiger partial charge in [-0.2, -0.15) is 0 Å². The summed E-state index contributed by atoms with van der Waals surface area (Å²) < 4.78 is 0. The Morgan fingerprint density at radius 1 is 1.53 bits per heavy atom. The van der Waals surface area contributed by atoms with Gasteiger partial charge in [-0.15, -0.1) is 11.3 Å². The molecule has 2 aromatic heterocycles. The first-order valence-electron chi connectivity index (χ1n) is 6.12. The number of aromatic nitrogens is 2. The zero-order valence-corrected chi connectivity index (χ0v) is 11.3. The van der Waals surface area contributed by atoms with Crippen LogP contribution in [-0.2, 0) is 0 Å². The molecule has 2 aromatic rings. The lowest BCUT2D eigenvalue weighted by atomic mass is 10.2. The molecule has 6 heteroatoms. The number of thiazole rings is 1. The van der Waals surface area contributed by atoms with Crippen molar-refractivity contribution in [3.8, 4) is 0 Å². The van der Waals surface area contributed by atoms with Crippen LogP contribution in [0.25, 0.3) is 0 Å². The van der Waals surface area contributed by atoms with Gasteiger partial charge in [0.25, 0.3) is 5.91 Å². The number of pyridine rings is 1. The van der Waals surface area contributed by atoms with Crippen LogP contribution in [0.3, 0.4) is 0 Å². The molecule has 19 heavy (non-hydrogen) atoms. The topological polar surface area (TPSA) is 80.9 Å². The minimum absolute atomic E-state index is 0.214.